The standard InChI is InChI=1S/C16H16BrClN2O/c1-9(2)14-6-11(7-15(18)20-14)16(21)19-13-5-10(3)4-12(17)8-13/h4-9H,1-3H3,(H,19,21). The number of aromatic nitrogens is 1. The van der Waals surface area contributed by atoms with Crippen LogP contribution in [0.5, 0.6) is 0 Å². The predicted molar refractivity (Wildman–Crippen MR) is 90.2 cm³/mol. The second-order valence-electron chi connectivity index (χ2n) is 5.23. The first-order valence-electron chi connectivity index (χ1n) is 6.61. The van der Waals surface area contributed by atoms with Crippen LogP contribution in [0.1, 0.15) is 41.4 Å². The van der Waals surface area contributed by atoms with Crippen molar-refractivity contribution in [3.8, 4) is 0 Å². The van der Waals surface area contributed by atoms with Crippen molar-refractivity contribution in [2.24, 2.45) is 0 Å². The first kappa shape index (κ1) is 16.0. The molecule has 0 aliphatic rings. The van der Waals surface area contributed by atoms with Gasteiger partial charge in [0.25, 0.3) is 5.91 Å². The summed E-state index contributed by atoms with van der Waals surface area (Å²) in [6, 6.07) is 9.10. The van der Waals surface area contributed by atoms with E-state index in [1.165, 1.54) is 0 Å². The summed E-state index contributed by atoms with van der Waals surface area (Å²) in [6.45, 7) is 6.00. The van der Waals surface area contributed by atoms with E-state index in [9.17, 15) is 4.79 Å². The molecule has 3 nitrogen and oxygen atoms in total. The number of hydrogen-bond donors (Lipinski definition) is 1. The lowest BCUT2D eigenvalue weighted by Crippen LogP contribution is -2.13. The Labute approximate surface area is 137 Å². The van der Waals surface area contributed by atoms with Crippen molar-refractivity contribution in [3.05, 3.63) is 56.8 Å². The minimum absolute atomic E-state index is 0.196. The van der Waals surface area contributed by atoms with Gasteiger partial charge in [-0.2, -0.15) is 0 Å². The van der Waals surface area contributed by atoms with Crippen molar-refractivity contribution >= 4 is 39.1 Å². The number of carbonyl (C=O) groups excluding carboxylic acids is 1. The largest absolute Gasteiger partial charge is 0.322 e. The third-order valence-corrected chi connectivity index (χ3v) is 3.62. The first-order chi connectivity index (χ1) is 9.85. The van der Waals surface area contributed by atoms with Crippen LogP contribution in [0.4, 0.5) is 5.69 Å². The second kappa shape index (κ2) is 6.58. The monoisotopic (exact) mass is 366 g/mol. The number of hydrogen-bond acceptors (Lipinski definition) is 2. The van der Waals surface area contributed by atoms with E-state index in [0.717, 1.165) is 21.4 Å². The zero-order chi connectivity index (χ0) is 15.6. The van der Waals surface area contributed by atoms with E-state index in [4.69, 9.17) is 11.6 Å². The number of aryl methyl sites for hydroxylation is 1. The van der Waals surface area contributed by atoms with Gasteiger partial charge in [-0.15, -0.1) is 0 Å². The van der Waals surface area contributed by atoms with E-state index >= 15 is 0 Å². The Balaban J connectivity index is 2.28. The summed E-state index contributed by atoms with van der Waals surface area (Å²) in [6.07, 6.45) is 0. The van der Waals surface area contributed by atoms with Crippen LogP contribution in [0.25, 0.3) is 0 Å². The zero-order valence-electron chi connectivity index (χ0n) is 12.1. The second-order valence-corrected chi connectivity index (χ2v) is 6.53. The van der Waals surface area contributed by atoms with E-state index in [1.807, 2.05) is 39.0 Å². The number of amides is 1. The SMILES string of the molecule is Cc1cc(Br)cc(NC(=O)c2cc(Cl)nc(C(C)C)c2)c1. The highest BCUT2D eigenvalue weighted by molar-refractivity contribution is 9.10. The van der Waals surface area contributed by atoms with Crippen molar-refractivity contribution < 1.29 is 4.79 Å². The molecule has 0 radical (unpaired) electrons. The highest BCUT2D eigenvalue weighted by Gasteiger charge is 2.12. The molecule has 1 N–H and O–H groups in total. The summed E-state index contributed by atoms with van der Waals surface area (Å²) < 4.78 is 0.924. The average Bonchev–Trinajstić information content (AvgIpc) is 2.36. The van der Waals surface area contributed by atoms with Crippen molar-refractivity contribution in [2.45, 2.75) is 26.7 Å². The molecule has 0 aliphatic carbocycles. The van der Waals surface area contributed by atoms with E-state index < -0.39 is 0 Å². The number of nitrogens with one attached hydrogen (secondary N) is 1. The molecule has 5 heteroatoms. The maximum atomic E-state index is 12.4. The van der Waals surface area contributed by atoms with E-state index in [0.29, 0.717) is 10.7 Å². The molecular formula is C16H16BrClN2O. The molecule has 0 aliphatic heterocycles. The summed E-state index contributed by atoms with van der Waals surface area (Å²) in [5.74, 6) is 0.0158. The van der Waals surface area contributed by atoms with Crippen LogP contribution in [-0.2, 0) is 0 Å². The smallest absolute Gasteiger partial charge is 0.255 e. The zero-order valence-corrected chi connectivity index (χ0v) is 14.4. The van der Waals surface area contributed by atoms with Gasteiger partial charge in [-0.1, -0.05) is 41.4 Å². The summed E-state index contributed by atoms with van der Waals surface area (Å²) in [7, 11) is 0. The highest BCUT2D eigenvalue weighted by Crippen LogP contribution is 2.21. The fraction of sp³-hybridized carbons (Fsp3) is 0.250. The number of pyridine rings is 1. The number of carbonyl (C=O) groups is 1. The summed E-state index contributed by atoms with van der Waals surface area (Å²) >= 11 is 9.41. The number of anilines is 1. The lowest BCUT2D eigenvalue weighted by atomic mass is 10.1. The molecule has 0 fully saturated rings. The molecule has 2 aromatic rings. The van der Waals surface area contributed by atoms with Gasteiger partial charge in [0.15, 0.2) is 0 Å². The van der Waals surface area contributed by atoms with Gasteiger partial charge in [0.2, 0.25) is 0 Å². The summed E-state index contributed by atoms with van der Waals surface area (Å²) in [5.41, 5.74) is 3.12. The molecule has 1 aromatic carbocycles. The van der Waals surface area contributed by atoms with E-state index in [-0.39, 0.29) is 11.8 Å². The topological polar surface area (TPSA) is 42.0 Å². The summed E-state index contributed by atoms with van der Waals surface area (Å²) in [5, 5.41) is 3.21. The van der Waals surface area contributed by atoms with Gasteiger partial charge in [0, 0.05) is 21.4 Å². The molecule has 1 heterocycles. The number of benzene rings is 1. The Hall–Kier alpha value is -1.39. The molecule has 110 valence electrons. The predicted octanol–water partition coefficient (Wildman–Crippen LogP) is 5.18. The van der Waals surface area contributed by atoms with Crippen LogP contribution in [-0.4, -0.2) is 10.9 Å². The number of halogens is 2. The van der Waals surface area contributed by atoms with Gasteiger partial charge in [-0.05, 0) is 48.7 Å². The Morgan fingerprint density at radius 2 is 1.95 bits per heavy atom. The van der Waals surface area contributed by atoms with Crippen LogP contribution in [0.3, 0.4) is 0 Å². The minimum atomic E-state index is -0.196. The van der Waals surface area contributed by atoms with Crippen molar-refractivity contribution in [1.29, 1.82) is 0 Å². The molecule has 1 aromatic heterocycles. The Morgan fingerprint density at radius 1 is 1.24 bits per heavy atom. The molecule has 2 rings (SSSR count). The molecule has 0 spiro atoms. The highest BCUT2D eigenvalue weighted by atomic mass is 79.9. The van der Waals surface area contributed by atoms with Gasteiger partial charge in [0.1, 0.15) is 5.15 Å². The number of nitrogens with zero attached hydrogens (tertiary/aromatic N) is 1. The molecule has 1 amide bonds. The Morgan fingerprint density at radius 3 is 2.57 bits per heavy atom. The molecule has 21 heavy (non-hydrogen) atoms. The van der Waals surface area contributed by atoms with Crippen LogP contribution in [0.2, 0.25) is 5.15 Å². The Bertz CT molecular complexity index is 666. The third-order valence-electron chi connectivity index (χ3n) is 2.97. The average molecular weight is 368 g/mol. The first-order valence-corrected chi connectivity index (χ1v) is 7.78. The van der Waals surface area contributed by atoms with Gasteiger partial charge in [0.05, 0.1) is 0 Å². The van der Waals surface area contributed by atoms with Crippen LogP contribution in [0, 0.1) is 6.92 Å². The van der Waals surface area contributed by atoms with Crippen LogP contribution in [0.15, 0.2) is 34.8 Å². The maximum Gasteiger partial charge on any atom is 0.255 e. The molecule has 0 unspecified atom stereocenters. The van der Waals surface area contributed by atoms with Gasteiger partial charge in [-0.25, -0.2) is 4.98 Å². The van der Waals surface area contributed by atoms with E-state index in [1.54, 1.807) is 12.1 Å². The summed E-state index contributed by atoms with van der Waals surface area (Å²) in [4.78, 5) is 16.6. The molecule has 0 saturated heterocycles. The number of rotatable bonds is 3. The van der Waals surface area contributed by atoms with E-state index in [2.05, 4.69) is 26.2 Å². The maximum absolute atomic E-state index is 12.4. The van der Waals surface area contributed by atoms with Gasteiger partial charge >= 0.3 is 0 Å². The van der Waals surface area contributed by atoms with Crippen LogP contribution >= 0.6 is 27.5 Å². The van der Waals surface area contributed by atoms with Crippen molar-refractivity contribution in [3.63, 3.8) is 0 Å². The fourth-order valence-corrected chi connectivity index (χ4v) is 2.78. The quantitative estimate of drug-likeness (QED) is 0.759. The van der Waals surface area contributed by atoms with Crippen molar-refractivity contribution in [1.82, 2.24) is 4.98 Å². The third kappa shape index (κ3) is 4.29. The molecule has 0 saturated carbocycles. The van der Waals surface area contributed by atoms with Gasteiger partial charge in [-0.3, -0.25) is 4.79 Å². The molecule has 0 bridgehead atoms. The molecular weight excluding hydrogens is 352 g/mol. The van der Waals surface area contributed by atoms with Gasteiger partial charge < -0.3 is 5.32 Å². The fourth-order valence-electron chi connectivity index (χ4n) is 1.96. The van der Waals surface area contributed by atoms with Crippen LogP contribution < -0.4 is 5.32 Å². The Kier molecular flexibility index (Phi) is 5.01. The lowest BCUT2D eigenvalue weighted by molar-refractivity contribution is 0.102. The van der Waals surface area contributed by atoms with Crippen molar-refractivity contribution in [2.75, 3.05) is 5.32 Å². The molecule has 0 atom stereocenters. The normalized spacial score (nSPS) is 10.8. The lowest BCUT2D eigenvalue weighted by Gasteiger charge is -2.10. The minimum Gasteiger partial charge on any atom is -0.322 e.